The molecule has 0 spiro atoms. The van der Waals surface area contributed by atoms with Gasteiger partial charge in [0.25, 0.3) is 0 Å². The summed E-state index contributed by atoms with van der Waals surface area (Å²) >= 11 is 0. The molecule has 40 heavy (non-hydrogen) atoms. The van der Waals surface area contributed by atoms with Crippen LogP contribution in [-0.2, 0) is 23.7 Å². The standard InChI is InChI=1S/C29H54N4O7/c1-5-15-36-17-19-38-21-22-39-20-18-37-16-14-32-12-10-31(11-13-32)8-6-7-9-33-24-26(23-27(33)25-34)30-28(35)40-29(2,3)4/h1,26-27,34H,6-25H2,2-4H3,(H,30,35)/t26-,27-/m0/s1. The van der Waals surface area contributed by atoms with Gasteiger partial charge in [-0.1, -0.05) is 5.92 Å². The maximum Gasteiger partial charge on any atom is 0.407 e. The second kappa shape index (κ2) is 20.4. The number of nitrogens with one attached hydrogen (secondary N) is 1. The molecule has 2 aliphatic heterocycles. The molecule has 0 aromatic heterocycles. The van der Waals surface area contributed by atoms with E-state index in [-0.39, 0.29) is 24.8 Å². The highest BCUT2D eigenvalue weighted by molar-refractivity contribution is 5.68. The van der Waals surface area contributed by atoms with Crippen molar-refractivity contribution in [2.45, 2.75) is 57.7 Å². The molecule has 11 nitrogen and oxygen atoms in total. The molecular weight excluding hydrogens is 516 g/mol. The number of unbranched alkanes of at least 4 members (excludes halogenated alkanes) is 1. The number of carbonyl (C=O) groups is 1. The van der Waals surface area contributed by atoms with Crippen LogP contribution in [0, 0.1) is 12.3 Å². The van der Waals surface area contributed by atoms with Gasteiger partial charge in [0, 0.05) is 51.4 Å². The van der Waals surface area contributed by atoms with Crippen LogP contribution in [0.25, 0.3) is 0 Å². The Kier molecular flexibility index (Phi) is 17.7. The number of nitrogens with zero attached hydrogens (tertiary/aromatic N) is 3. The Labute approximate surface area is 241 Å². The van der Waals surface area contributed by atoms with Gasteiger partial charge in [-0.25, -0.2) is 4.79 Å². The van der Waals surface area contributed by atoms with Crippen molar-refractivity contribution in [3.8, 4) is 12.3 Å². The molecule has 0 radical (unpaired) electrons. The van der Waals surface area contributed by atoms with Crippen molar-refractivity contribution in [3.05, 3.63) is 0 Å². The summed E-state index contributed by atoms with van der Waals surface area (Å²) in [6.45, 7) is 18.1. The molecule has 0 aromatic rings. The van der Waals surface area contributed by atoms with Gasteiger partial charge in [0.1, 0.15) is 12.2 Å². The normalized spacial score (nSPS) is 21.0. The summed E-state index contributed by atoms with van der Waals surface area (Å²) < 4.78 is 27.1. The third kappa shape index (κ3) is 16.1. The van der Waals surface area contributed by atoms with Gasteiger partial charge in [0.2, 0.25) is 0 Å². The van der Waals surface area contributed by atoms with Gasteiger partial charge < -0.3 is 39.0 Å². The Hall–Kier alpha value is -1.49. The van der Waals surface area contributed by atoms with E-state index in [4.69, 9.17) is 30.1 Å². The molecule has 2 rings (SSSR count). The first-order valence-corrected chi connectivity index (χ1v) is 14.8. The molecule has 2 fully saturated rings. The second-order valence-electron chi connectivity index (χ2n) is 11.4. The van der Waals surface area contributed by atoms with Gasteiger partial charge in [-0.15, -0.1) is 6.42 Å². The summed E-state index contributed by atoms with van der Waals surface area (Å²) in [7, 11) is 0. The van der Waals surface area contributed by atoms with Crippen LogP contribution in [0.15, 0.2) is 0 Å². The highest BCUT2D eigenvalue weighted by Gasteiger charge is 2.33. The van der Waals surface area contributed by atoms with Crippen LogP contribution in [-0.4, -0.2) is 155 Å². The van der Waals surface area contributed by atoms with Gasteiger partial charge in [-0.05, 0) is 53.1 Å². The molecule has 2 heterocycles. The van der Waals surface area contributed by atoms with Crippen molar-refractivity contribution < 1.29 is 33.6 Å². The van der Waals surface area contributed by atoms with Gasteiger partial charge in [0.15, 0.2) is 0 Å². The average molecular weight is 571 g/mol. The minimum atomic E-state index is -0.510. The summed E-state index contributed by atoms with van der Waals surface area (Å²) in [5.74, 6) is 2.41. The van der Waals surface area contributed by atoms with Gasteiger partial charge in [0.05, 0.1) is 52.9 Å². The van der Waals surface area contributed by atoms with Crippen LogP contribution in [0.3, 0.4) is 0 Å². The Bertz CT molecular complexity index is 707. The fourth-order valence-electron chi connectivity index (χ4n) is 4.90. The smallest absolute Gasteiger partial charge is 0.407 e. The van der Waals surface area contributed by atoms with E-state index in [1.807, 2.05) is 20.8 Å². The SMILES string of the molecule is C#CCOCCOCCOCCOCCN1CCN(CCCCN2C[C@@H](NC(=O)OC(C)(C)C)C[C@H]2CO)CC1. The van der Waals surface area contributed by atoms with E-state index in [0.717, 1.165) is 78.2 Å². The van der Waals surface area contributed by atoms with E-state index in [0.29, 0.717) is 46.2 Å². The number of rotatable bonds is 20. The third-order valence-corrected chi connectivity index (χ3v) is 6.95. The van der Waals surface area contributed by atoms with E-state index in [1.165, 1.54) is 0 Å². The monoisotopic (exact) mass is 570 g/mol. The number of likely N-dealkylation sites (tertiary alicyclic amines) is 1. The largest absolute Gasteiger partial charge is 0.444 e. The molecule has 2 aliphatic rings. The molecule has 0 unspecified atom stereocenters. The van der Waals surface area contributed by atoms with Crippen molar-refractivity contribution >= 4 is 6.09 Å². The summed E-state index contributed by atoms with van der Waals surface area (Å²) in [6.07, 6.45) is 7.69. The van der Waals surface area contributed by atoms with E-state index in [2.05, 4.69) is 25.9 Å². The summed E-state index contributed by atoms with van der Waals surface area (Å²) in [6, 6.07) is 0.119. The molecule has 2 N–H and O–H groups in total. The number of aliphatic hydroxyl groups excluding tert-OH is 1. The second-order valence-corrected chi connectivity index (χ2v) is 11.4. The Balaban J connectivity index is 1.42. The van der Waals surface area contributed by atoms with Gasteiger partial charge in [-0.2, -0.15) is 0 Å². The lowest BCUT2D eigenvalue weighted by Crippen LogP contribution is -2.47. The quantitative estimate of drug-likeness (QED) is 0.163. The van der Waals surface area contributed by atoms with Crippen molar-refractivity contribution in [1.82, 2.24) is 20.0 Å². The van der Waals surface area contributed by atoms with E-state index in [9.17, 15) is 9.90 Å². The molecule has 11 heteroatoms. The predicted octanol–water partition coefficient (Wildman–Crippen LogP) is 1.04. The number of ether oxygens (including phenoxy) is 5. The van der Waals surface area contributed by atoms with Crippen LogP contribution in [0.2, 0.25) is 0 Å². The van der Waals surface area contributed by atoms with Crippen LogP contribution >= 0.6 is 0 Å². The average Bonchev–Trinajstić information content (AvgIpc) is 3.30. The molecule has 0 aliphatic carbocycles. The van der Waals surface area contributed by atoms with Crippen LogP contribution in [0.4, 0.5) is 4.79 Å². The number of piperazine rings is 1. The maximum absolute atomic E-state index is 12.1. The summed E-state index contributed by atoms with van der Waals surface area (Å²) in [5.41, 5.74) is -0.510. The Morgan fingerprint density at radius 2 is 1.43 bits per heavy atom. The number of hydrogen-bond acceptors (Lipinski definition) is 10. The molecule has 1 amide bonds. The number of carbonyl (C=O) groups excluding carboxylic acids is 1. The Morgan fingerprint density at radius 3 is 2.00 bits per heavy atom. The molecule has 2 atom stereocenters. The highest BCUT2D eigenvalue weighted by atomic mass is 16.6. The van der Waals surface area contributed by atoms with Crippen molar-refractivity contribution in [3.63, 3.8) is 0 Å². The lowest BCUT2D eigenvalue weighted by Gasteiger charge is -2.34. The van der Waals surface area contributed by atoms with E-state index >= 15 is 0 Å². The lowest BCUT2D eigenvalue weighted by atomic mass is 10.2. The topological polar surface area (TPSA) is 105 Å². The zero-order valence-corrected chi connectivity index (χ0v) is 25.1. The lowest BCUT2D eigenvalue weighted by molar-refractivity contribution is -0.00259. The highest BCUT2D eigenvalue weighted by Crippen LogP contribution is 2.19. The number of amides is 1. The molecular formula is C29H54N4O7. The minimum absolute atomic E-state index is 0.0204. The predicted molar refractivity (Wildman–Crippen MR) is 154 cm³/mol. The fourth-order valence-corrected chi connectivity index (χ4v) is 4.90. The maximum atomic E-state index is 12.1. The first-order chi connectivity index (χ1) is 19.3. The molecule has 2 saturated heterocycles. The molecule has 0 saturated carbocycles. The molecule has 0 bridgehead atoms. The fraction of sp³-hybridized carbons (Fsp3) is 0.897. The third-order valence-electron chi connectivity index (χ3n) is 6.95. The number of hydrogen-bond donors (Lipinski definition) is 2. The summed E-state index contributed by atoms with van der Waals surface area (Å²) in [5, 5.41) is 12.8. The minimum Gasteiger partial charge on any atom is -0.444 e. The van der Waals surface area contributed by atoms with Crippen LogP contribution in [0.1, 0.15) is 40.0 Å². The zero-order chi connectivity index (χ0) is 29.1. The molecule has 0 aromatic carbocycles. The number of alkyl carbamates (subject to hydrolysis) is 1. The van der Waals surface area contributed by atoms with Gasteiger partial charge in [-0.3, -0.25) is 9.80 Å². The van der Waals surface area contributed by atoms with E-state index in [1.54, 1.807) is 0 Å². The van der Waals surface area contributed by atoms with Crippen molar-refractivity contribution in [1.29, 1.82) is 0 Å². The summed E-state index contributed by atoms with van der Waals surface area (Å²) in [4.78, 5) is 19.4. The number of aliphatic hydroxyl groups is 1. The number of terminal acetylenes is 1. The first kappa shape index (κ1) is 34.7. The van der Waals surface area contributed by atoms with Crippen molar-refractivity contribution in [2.24, 2.45) is 0 Å². The van der Waals surface area contributed by atoms with Crippen molar-refractivity contribution in [2.75, 3.05) is 112 Å². The van der Waals surface area contributed by atoms with E-state index < -0.39 is 5.60 Å². The molecule has 232 valence electrons. The first-order valence-electron chi connectivity index (χ1n) is 14.8. The van der Waals surface area contributed by atoms with Crippen LogP contribution < -0.4 is 5.32 Å². The zero-order valence-electron chi connectivity index (χ0n) is 25.1. The van der Waals surface area contributed by atoms with Crippen LogP contribution in [0.5, 0.6) is 0 Å². The Morgan fingerprint density at radius 1 is 0.875 bits per heavy atom. The van der Waals surface area contributed by atoms with Gasteiger partial charge >= 0.3 is 6.09 Å².